The summed E-state index contributed by atoms with van der Waals surface area (Å²) in [5.74, 6) is 3.28. The molecule has 4 aliphatic rings. The lowest BCUT2D eigenvalue weighted by molar-refractivity contribution is -0.134. The van der Waals surface area contributed by atoms with Crippen molar-refractivity contribution in [3.8, 4) is 0 Å². The fourth-order valence-electron chi connectivity index (χ4n) is 5.40. The average Bonchev–Trinajstić information content (AvgIpc) is 3.03. The molecule has 0 radical (unpaired) electrons. The highest BCUT2D eigenvalue weighted by Gasteiger charge is 2.57. The van der Waals surface area contributed by atoms with Gasteiger partial charge in [-0.25, -0.2) is 0 Å². The highest BCUT2D eigenvalue weighted by molar-refractivity contribution is 8.21. The zero-order chi connectivity index (χ0) is 15.4. The van der Waals surface area contributed by atoms with Crippen LogP contribution >= 0.6 is 23.5 Å². The number of piperidine rings is 1. The van der Waals surface area contributed by atoms with Crippen LogP contribution in [0.2, 0.25) is 0 Å². The second kappa shape index (κ2) is 5.53. The van der Waals surface area contributed by atoms with Gasteiger partial charge >= 0.3 is 0 Å². The summed E-state index contributed by atoms with van der Waals surface area (Å²) >= 11 is 4.19. The molecule has 23 heavy (non-hydrogen) atoms. The number of ketones is 1. The van der Waals surface area contributed by atoms with Crippen LogP contribution < -0.4 is 0 Å². The minimum Gasteiger partial charge on any atom is -0.299 e. The summed E-state index contributed by atoms with van der Waals surface area (Å²) in [6.07, 6.45) is 5.64. The van der Waals surface area contributed by atoms with Crippen molar-refractivity contribution in [3.63, 3.8) is 0 Å². The van der Waals surface area contributed by atoms with E-state index in [4.69, 9.17) is 0 Å². The molecule has 3 heterocycles. The van der Waals surface area contributed by atoms with E-state index >= 15 is 0 Å². The predicted octanol–water partition coefficient (Wildman–Crippen LogP) is 3.90. The van der Waals surface area contributed by atoms with E-state index in [0.717, 1.165) is 19.4 Å². The van der Waals surface area contributed by atoms with Gasteiger partial charge in [-0.2, -0.15) is 0 Å². The molecule has 4 heteroatoms. The number of hydrogen-bond donors (Lipinski definition) is 0. The molecule has 3 unspecified atom stereocenters. The predicted molar refractivity (Wildman–Crippen MR) is 98.0 cm³/mol. The van der Waals surface area contributed by atoms with E-state index in [-0.39, 0.29) is 10.00 Å². The molecule has 2 saturated heterocycles. The molecule has 1 saturated carbocycles. The highest BCUT2D eigenvalue weighted by Crippen LogP contribution is 2.59. The summed E-state index contributed by atoms with van der Waals surface area (Å²) in [7, 11) is 0. The molecule has 0 amide bonds. The standard InChI is InChI=1S/C19H23NOS2/c21-17-12-16-14-5-2-1-4-13(14)7-9-20(16)15-6-3-8-19(18(15)17)22-10-11-23-19/h1-2,4-5,15-16,18H,3,6-12H2. The maximum absolute atomic E-state index is 13.2. The van der Waals surface area contributed by atoms with E-state index < -0.39 is 0 Å². The summed E-state index contributed by atoms with van der Waals surface area (Å²) in [5, 5.41) is 0. The van der Waals surface area contributed by atoms with Crippen LogP contribution in [0, 0.1) is 5.92 Å². The summed E-state index contributed by atoms with van der Waals surface area (Å²) < 4.78 is 0.210. The Morgan fingerprint density at radius 2 is 2.00 bits per heavy atom. The second-order valence-electron chi connectivity index (χ2n) is 7.32. The van der Waals surface area contributed by atoms with Crippen LogP contribution in [0.25, 0.3) is 0 Å². The number of carbonyl (C=O) groups is 1. The molecule has 122 valence electrons. The third-order valence-corrected chi connectivity index (χ3v) is 9.96. The van der Waals surface area contributed by atoms with E-state index in [1.807, 2.05) is 0 Å². The van der Waals surface area contributed by atoms with Crippen LogP contribution in [0.15, 0.2) is 24.3 Å². The van der Waals surface area contributed by atoms with E-state index in [0.29, 0.717) is 17.9 Å². The van der Waals surface area contributed by atoms with Gasteiger partial charge in [0, 0.05) is 36.6 Å². The van der Waals surface area contributed by atoms with Crippen molar-refractivity contribution in [2.75, 3.05) is 18.1 Å². The average molecular weight is 346 g/mol. The van der Waals surface area contributed by atoms with Gasteiger partial charge in [0.1, 0.15) is 5.78 Å². The molecular weight excluding hydrogens is 322 g/mol. The largest absolute Gasteiger partial charge is 0.299 e. The minimum absolute atomic E-state index is 0.210. The fourth-order valence-corrected chi connectivity index (χ4v) is 9.10. The highest BCUT2D eigenvalue weighted by atomic mass is 32.2. The molecule has 1 aromatic carbocycles. The Labute approximate surface area is 146 Å². The lowest BCUT2D eigenvalue weighted by Gasteiger charge is -2.55. The first kappa shape index (κ1) is 14.9. The van der Waals surface area contributed by atoms with Crippen molar-refractivity contribution in [2.24, 2.45) is 5.92 Å². The summed E-state index contributed by atoms with van der Waals surface area (Å²) in [4.78, 5) is 15.9. The smallest absolute Gasteiger partial charge is 0.141 e. The molecule has 0 aromatic heterocycles. The van der Waals surface area contributed by atoms with Crippen LogP contribution in [0.5, 0.6) is 0 Å². The Hall–Kier alpha value is -0.450. The van der Waals surface area contributed by atoms with Gasteiger partial charge in [-0.3, -0.25) is 9.69 Å². The van der Waals surface area contributed by atoms with Crippen LogP contribution in [0.1, 0.15) is 42.9 Å². The van der Waals surface area contributed by atoms with Crippen LogP contribution in [0.3, 0.4) is 0 Å². The van der Waals surface area contributed by atoms with Gasteiger partial charge in [0.25, 0.3) is 0 Å². The maximum Gasteiger partial charge on any atom is 0.141 e. The first-order chi connectivity index (χ1) is 11.3. The first-order valence-electron chi connectivity index (χ1n) is 8.93. The van der Waals surface area contributed by atoms with E-state index in [2.05, 4.69) is 52.7 Å². The van der Waals surface area contributed by atoms with Gasteiger partial charge in [-0.1, -0.05) is 24.3 Å². The van der Waals surface area contributed by atoms with Crippen molar-refractivity contribution in [1.29, 1.82) is 0 Å². The molecule has 3 atom stereocenters. The third-order valence-electron chi connectivity index (χ3n) is 6.28. The Morgan fingerprint density at radius 1 is 1.17 bits per heavy atom. The Morgan fingerprint density at radius 3 is 2.87 bits per heavy atom. The van der Waals surface area contributed by atoms with Gasteiger partial charge in [0.15, 0.2) is 0 Å². The molecule has 5 rings (SSSR count). The molecule has 3 aliphatic heterocycles. The van der Waals surface area contributed by atoms with Crippen LogP contribution in [-0.4, -0.2) is 38.9 Å². The second-order valence-corrected chi connectivity index (χ2v) is 10.4. The molecular formula is C19H23NOS2. The SMILES string of the molecule is O=C1CC2c3ccccc3CCN2C2CCCC3(SCCS3)C12. The third kappa shape index (κ3) is 2.17. The molecule has 0 bridgehead atoms. The summed E-state index contributed by atoms with van der Waals surface area (Å²) in [5.41, 5.74) is 2.90. The van der Waals surface area contributed by atoms with Crippen molar-refractivity contribution in [3.05, 3.63) is 35.4 Å². The molecule has 1 aromatic rings. The van der Waals surface area contributed by atoms with Crippen molar-refractivity contribution in [1.82, 2.24) is 4.90 Å². The van der Waals surface area contributed by atoms with Gasteiger partial charge in [0.2, 0.25) is 0 Å². The molecule has 2 nitrogen and oxygen atoms in total. The summed E-state index contributed by atoms with van der Waals surface area (Å²) in [6.45, 7) is 1.14. The zero-order valence-electron chi connectivity index (χ0n) is 13.4. The van der Waals surface area contributed by atoms with Gasteiger partial charge in [-0.05, 0) is 36.8 Å². The number of fused-ring (bicyclic) bond motifs is 6. The zero-order valence-corrected chi connectivity index (χ0v) is 15.0. The lowest BCUT2D eigenvalue weighted by Crippen LogP contribution is -2.60. The normalized spacial score (nSPS) is 35.7. The lowest BCUT2D eigenvalue weighted by atomic mass is 9.72. The Kier molecular flexibility index (Phi) is 3.57. The molecule has 3 fully saturated rings. The number of Topliss-reactive ketones (excluding diaryl/α,β-unsaturated/α-hetero) is 1. The number of hydrogen-bond acceptors (Lipinski definition) is 4. The minimum atomic E-state index is 0.210. The van der Waals surface area contributed by atoms with Crippen molar-refractivity contribution >= 4 is 29.3 Å². The van der Waals surface area contributed by atoms with Gasteiger partial charge < -0.3 is 0 Å². The Bertz CT molecular complexity index is 640. The maximum atomic E-state index is 13.2. The van der Waals surface area contributed by atoms with Crippen molar-refractivity contribution < 1.29 is 4.79 Å². The summed E-state index contributed by atoms with van der Waals surface area (Å²) in [6, 6.07) is 9.64. The molecule has 0 N–H and O–H groups in total. The van der Waals surface area contributed by atoms with Crippen LogP contribution in [0.4, 0.5) is 0 Å². The first-order valence-corrected chi connectivity index (χ1v) is 10.9. The number of benzene rings is 1. The van der Waals surface area contributed by atoms with Gasteiger partial charge in [-0.15, -0.1) is 23.5 Å². The number of nitrogens with zero attached hydrogens (tertiary/aromatic N) is 1. The van der Waals surface area contributed by atoms with Crippen LogP contribution in [-0.2, 0) is 11.2 Å². The number of rotatable bonds is 0. The number of carbonyl (C=O) groups excluding carboxylic acids is 1. The quantitative estimate of drug-likeness (QED) is 0.710. The van der Waals surface area contributed by atoms with E-state index in [9.17, 15) is 4.79 Å². The van der Waals surface area contributed by atoms with E-state index in [1.54, 1.807) is 0 Å². The topological polar surface area (TPSA) is 20.3 Å². The Balaban J connectivity index is 1.54. The fraction of sp³-hybridized carbons (Fsp3) is 0.632. The van der Waals surface area contributed by atoms with Crippen molar-refractivity contribution in [2.45, 2.75) is 48.3 Å². The number of thioether (sulfide) groups is 2. The molecule has 1 aliphatic carbocycles. The van der Waals surface area contributed by atoms with Gasteiger partial charge in [0.05, 0.1) is 10.00 Å². The molecule has 1 spiro atoms. The monoisotopic (exact) mass is 345 g/mol. The van der Waals surface area contributed by atoms with E-state index in [1.165, 1.54) is 41.9 Å².